The highest BCUT2D eigenvalue weighted by atomic mass is 16.6. The van der Waals surface area contributed by atoms with Gasteiger partial charge in [0.25, 0.3) is 0 Å². The smallest absolute Gasteiger partial charge is 0.409 e. The molecule has 1 N–H and O–H groups in total. The van der Waals surface area contributed by atoms with Crippen LogP contribution in [0.5, 0.6) is 11.5 Å². The minimum Gasteiger partial charge on any atom is -0.497 e. The van der Waals surface area contributed by atoms with Crippen LogP contribution in [-0.4, -0.2) is 93.4 Å². The van der Waals surface area contributed by atoms with Crippen molar-refractivity contribution in [1.82, 2.24) is 9.80 Å². The first-order valence-corrected chi connectivity index (χ1v) is 9.29. The van der Waals surface area contributed by atoms with Crippen molar-refractivity contribution in [3.8, 4) is 11.5 Å². The van der Waals surface area contributed by atoms with E-state index in [0.717, 1.165) is 24.6 Å². The molecule has 1 saturated heterocycles. The summed E-state index contributed by atoms with van der Waals surface area (Å²) < 4.78 is 21.2. The van der Waals surface area contributed by atoms with E-state index < -0.39 is 6.10 Å². The molecule has 0 radical (unpaired) electrons. The molecule has 0 unspecified atom stereocenters. The number of β-amino-alcohol motifs (C(OH)–C–C–N with tert-alkyl or cyclic N) is 1. The van der Waals surface area contributed by atoms with Crippen LogP contribution in [0.1, 0.15) is 6.92 Å². The normalized spacial score (nSPS) is 16.0. The standard InChI is InChI=1S/C19H30N2O6/c1-3-26-19(23)21-9-7-20(8-10-21)14-16(22)15-25-11-12-27-18-6-4-5-17(13-18)24-2/h4-6,13,16,22H,3,7-12,14-15H2,1-2H3/t16-/m0/s1. The lowest BCUT2D eigenvalue weighted by Crippen LogP contribution is -2.51. The van der Waals surface area contributed by atoms with Crippen molar-refractivity contribution >= 4 is 6.09 Å². The third-order valence-corrected chi connectivity index (χ3v) is 4.22. The van der Waals surface area contributed by atoms with Crippen molar-refractivity contribution in [2.24, 2.45) is 0 Å². The van der Waals surface area contributed by atoms with Crippen molar-refractivity contribution in [2.45, 2.75) is 13.0 Å². The zero-order valence-corrected chi connectivity index (χ0v) is 16.1. The van der Waals surface area contributed by atoms with Crippen LogP contribution in [0.3, 0.4) is 0 Å². The Hall–Kier alpha value is -2.03. The molecule has 1 atom stereocenters. The van der Waals surface area contributed by atoms with Gasteiger partial charge < -0.3 is 29.0 Å². The van der Waals surface area contributed by atoms with Crippen molar-refractivity contribution in [3.63, 3.8) is 0 Å². The molecule has 1 aliphatic rings. The highest BCUT2D eigenvalue weighted by molar-refractivity contribution is 5.67. The van der Waals surface area contributed by atoms with Crippen molar-refractivity contribution in [2.75, 3.05) is 66.3 Å². The number of methoxy groups -OCH3 is 1. The number of carbonyl (C=O) groups excluding carboxylic acids is 1. The van der Waals surface area contributed by atoms with Crippen LogP contribution in [-0.2, 0) is 9.47 Å². The highest BCUT2D eigenvalue weighted by Crippen LogP contribution is 2.18. The third kappa shape index (κ3) is 7.62. The maximum Gasteiger partial charge on any atom is 0.409 e. The molecular formula is C19H30N2O6. The van der Waals surface area contributed by atoms with Gasteiger partial charge in [0.05, 0.1) is 33.0 Å². The van der Waals surface area contributed by atoms with Gasteiger partial charge in [0.15, 0.2) is 0 Å². The van der Waals surface area contributed by atoms with E-state index in [4.69, 9.17) is 18.9 Å². The SMILES string of the molecule is CCOC(=O)N1CCN(C[C@H](O)COCCOc2cccc(OC)c2)CC1. The summed E-state index contributed by atoms with van der Waals surface area (Å²) in [6.07, 6.45) is -0.840. The second-order valence-corrected chi connectivity index (χ2v) is 6.24. The minimum absolute atomic E-state index is 0.250. The molecular weight excluding hydrogens is 352 g/mol. The summed E-state index contributed by atoms with van der Waals surface area (Å²) in [5.74, 6) is 1.46. The van der Waals surface area contributed by atoms with E-state index >= 15 is 0 Å². The lowest BCUT2D eigenvalue weighted by molar-refractivity contribution is -0.000101. The highest BCUT2D eigenvalue weighted by Gasteiger charge is 2.23. The van der Waals surface area contributed by atoms with Gasteiger partial charge >= 0.3 is 6.09 Å². The van der Waals surface area contributed by atoms with Gasteiger partial charge in [0, 0.05) is 38.8 Å². The molecule has 0 aliphatic carbocycles. The molecule has 2 rings (SSSR count). The van der Waals surface area contributed by atoms with Gasteiger partial charge in [-0.2, -0.15) is 0 Å². The number of piperazine rings is 1. The number of nitrogens with zero attached hydrogens (tertiary/aromatic N) is 2. The molecule has 0 aromatic heterocycles. The zero-order chi connectivity index (χ0) is 19.5. The van der Waals surface area contributed by atoms with Gasteiger partial charge in [-0.25, -0.2) is 4.79 Å². The molecule has 152 valence electrons. The lowest BCUT2D eigenvalue weighted by atomic mass is 10.3. The number of aliphatic hydroxyl groups is 1. The van der Waals surface area contributed by atoms with Crippen molar-refractivity contribution in [3.05, 3.63) is 24.3 Å². The van der Waals surface area contributed by atoms with Crippen LogP contribution in [0, 0.1) is 0 Å². The van der Waals surface area contributed by atoms with E-state index in [1.807, 2.05) is 24.3 Å². The van der Waals surface area contributed by atoms with Crippen molar-refractivity contribution < 1.29 is 28.8 Å². The molecule has 0 saturated carbocycles. The molecule has 0 bridgehead atoms. The Balaban J connectivity index is 1.55. The predicted molar refractivity (Wildman–Crippen MR) is 100 cm³/mol. The zero-order valence-electron chi connectivity index (χ0n) is 16.1. The van der Waals surface area contributed by atoms with Gasteiger partial charge in [-0.15, -0.1) is 0 Å². The van der Waals surface area contributed by atoms with Gasteiger partial charge in [-0.3, -0.25) is 4.90 Å². The van der Waals surface area contributed by atoms with Crippen LogP contribution in [0.2, 0.25) is 0 Å². The molecule has 27 heavy (non-hydrogen) atoms. The summed E-state index contributed by atoms with van der Waals surface area (Å²) in [7, 11) is 1.61. The maximum atomic E-state index is 11.7. The molecule has 1 aromatic rings. The molecule has 1 aliphatic heterocycles. The van der Waals surface area contributed by atoms with E-state index in [0.29, 0.717) is 39.5 Å². The summed E-state index contributed by atoms with van der Waals surface area (Å²) >= 11 is 0. The van der Waals surface area contributed by atoms with Crippen LogP contribution < -0.4 is 9.47 Å². The van der Waals surface area contributed by atoms with E-state index in [-0.39, 0.29) is 12.7 Å². The number of amides is 1. The number of ether oxygens (including phenoxy) is 4. The maximum absolute atomic E-state index is 11.7. The monoisotopic (exact) mass is 382 g/mol. The largest absolute Gasteiger partial charge is 0.497 e. The van der Waals surface area contributed by atoms with E-state index in [2.05, 4.69) is 4.90 Å². The molecule has 8 nitrogen and oxygen atoms in total. The average molecular weight is 382 g/mol. The molecule has 1 amide bonds. The van der Waals surface area contributed by atoms with Crippen LogP contribution in [0.15, 0.2) is 24.3 Å². The molecule has 1 heterocycles. The number of benzene rings is 1. The van der Waals surface area contributed by atoms with Gasteiger partial charge in [0.1, 0.15) is 18.1 Å². The first-order valence-electron chi connectivity index (χ1n) is 9.29. The number of hydrogen-bond donors (Lipinski definition) is 1. The van der Waals surface area contributed by atoms with Crippen LogP contribution in [0.25, 0.3) is 0 Å². The molecule has 0 spiro atoms. The van der Waals surface area contributed by atoms with Gasteiger partial charge in [-0.05, 0) is 19.1 Å². The Bertz CT molecular complexity index is 563. The van der Waals surface area contributed by atoms with Crippen molar-refractivity contribution in [1.29, 1.82) is 0 Å². The third-order valence-electron chi connectivity index (χ3n) is 4.22. The second-order valence-electron chi connectivity index (χ2n) is 6.24. The summed E-state index contributed by atoms with van der Waals surface area (Å²) in [4.78, 5) is 15.5. The molecule has 1 aromatic carbocycles. The fourth-order valence-corrected chi connectivity index (χ4v) is 2.81. The first-order chi connectivity index (χ1) is 13.1. The van der Waals surface area contributed by atoms with Gasteiger partial charge in [0.2, 0.25) is 0 Å². The quantitative estimate of drug-likeness (QED) is 0.610. The number of rotatable bonds is 10. The average Bonchev–Trinajstić information content (AvgIpc) is 2.68. The number of carbonyl (C=O) groups is 1. The molecule has 1 fully saturated rings. The summed E-state index contributed by atoms with van der Waals surface area (Å²) in [5.41, 5.74) is 0. The topological polar surface area (TPSA) is 80.7 Å². The molecule has 8 heteroatoms. The summed E-state index contributed by atoms with van der Waals surface area (Å²) in [6.45, 7) is 6.41. The number of aliphatic hydroxyl groups excluding tert-OH is 1. The van der Waals surface area contributed by atoms with Crippen LogP contribution in [0.4, 0.5) is 4.79 Å². The Morgan fingerprint density at radius 1 is 1.19 bits per heavy atom. The summed E-state index contributed by atoms with van der Waals surface area (Å²) in [6, 6.07) is 7.38. The Morgan fingerprint density at radius 3 is 2.63 bits per heavy atom. The van der Waals surface area contributed by atoms with E-state index in [1.165, 1.54) is 0 Å². The lowest BCUT2D eigenvalue weighted by Gasteiger charge is -2.34. The Morgan fingerprint density at radius 2 is 1.93 bits per heavy atom. The number of hydrogen-bond acceptors (Lipinski definition) is 7. The van der Waals surface area contributed by atoms with E-state index in [1.54, 1.807) is 18.9 Å². The fourth-order valence-electron chi connectivity index (χ4n) is 2.81. The van der Waals surface area contributed by atoms with Crippen LogP contribution >= 0.6 is 0 Å². The Labute approximate surface area is 160 Å². The Kier molecular flexibility index (Phi) is 9.17. The first kappa shape index (κ1) is 21.3. The predicted octanol–water partition coefficient (Wildman–Crippen LogP) is 1.23. The fraction of sp³-hybridized carbons (Fsp3) is 0.632. The minimum atomic E-state index is -0.573. The second kappa shape index (κ2) is 11.6. The van der Waals surface area contributed by atoms with Gasteiger partial charge in [-0.1, -0.05) is 6.07 Å². The summed E-state index contributed by atoms with van der Waals surface area (Å²) in [5, 5.41) is 10.1. The van der Waals surface area contributed by atoms with E-state index in [9.17, 15) is 9.90 Å².